The first-order valence-corrected chi connectivity index (χ1v) is 6.94. The van der Waals surface area contributed by atoms with E-state index in [0.29, 0.717) is 18.9 Å². The molecular formula is C12H19N3OS. The molecule has 1 aliphatic rings. The molecule has 4 nitrogen and oxygen atoms in total. The Morgan fingerprint density at radius 3 is 3.24 bits per heavy atom. The molecule has 1 amide bonds. The molecule has 1 saturated heterocycles. The van der Waals surface area contributed by atoms with Crippen LogP contribution in [-0.4, -0.2) is 24.0 Å². The van der Waals surface area contributed by atoms with Gasteiger partial charge in [-0.2, -0.15) is 0 Å². The average Bonchev–Trinajstić information content (AvgIpc) is 2.95. The Bertz CT molecular complexity index is 372. The predicted octanol–water partition coefficient (Wildman–Crippen LogP) is 1.46. The van der Waals surface area contributed by atoms with E-state index in [4.69, 9.17) is 0 Å². The van der Waals surface area contributed by atoms with Crippen LogP contribution in [0.2, 0.25) is 0 Å². The third-order valence-corrected chi connectivity index (χ3v) is 3.98. The molecule has 94 valence electrons. The maximum Gasteiger partial charge on any atom is 0.220 e. The van der Waals surface area contributed by atoms with E-state index in [0.717, 1.165) is 29.4 Å². The van der Waals surface area contributed by atoms with Gasteiger partial charge in [-0.05, 0) is 38.8 Å². The maximum absolute atomic E-state index is 11.6. The molecule has 1 fully saturated rings. The number of hydrogen-bond acceptors (Lipinski definition) is 4. The molecule has 0 spiro atoms. The van der Waals surface area contributed by atoms with Crippen LogP contribution in [0.25, 0.3) is 0 Å². The summed E-state index contributed by atoms with van der Waals surface area (Å²) in [7, 11) is 0. The van der Waals surface area contributed by atoms with Crippen molar-refractivity contribution in [3.05, 3.63) is 16.1 Å². The van der Waals surface area contributed by atoms with E-state index in [9.17, 15) is 4.79 Å². The van der Waals surface area contributed by atoms with E-state index in [1.165, 1.54) is 6.42 Å². The van der Waals surface area contributed by atoms with Crippen LogP contribution in [0.4, 0.5) is 0 Å². The second kappa shape index (κ2) is 6.12. The van der Waals surface area contributed by atoms with Crippen molar-refractivity contribution in [3.8, 4) is 0 Å². The smallest absolute Gasteiger partial charge is 0.220 e. The Morgan fingerprint density at radius 1 is 1.71 bits per heavy atom. The summed E-state index contributed by atoms with van der Waals surface area (Å²) in [5.74, 6) is 0.842. The first-order chi connectivity index (χ1) is 8.24. The highest BCUT2D eigenvalue weighted by atomic mass is 32.1. The van der Waals surface area contributed by atoms with Crippen LogP contribution in [-0.2, 0) is 11.3 Å². The second-order valence-corrected chi connectivity index (χ2v) is 5.84. The van der Waals surface area contributed by atoms with E-state index in [2.05, 4.69) is 15.6 Å². The summed E-state index contributed by atoms with van der Waals surface area (Å²) in [5, 5.41) is 7.31. The molecule has 0 aliphatic carbocycles. The molecule has 1 aromatic rings. The van der Waals surface area contributed by atoms with Crippen molar-refractivity contribution in [2.24, 2.45) is 5.92 Å². The first-order valence-electron chi connectivity index (χ1n) is 6.13. The van der Waals surface area contributed by atoms with E-state index in [1.54, 1.807) is 11.3 Å². The van der Waals surface area contributed by atoms with Crippen molar-refractivity contribution < 1.29 is 4.79 Å². The minimum absolute atomic E-state index is 0.156. The van der Waals surface area contributed by atoms with Gasteiger partial charge in [-0.25, -0.2) is 4.98 Å². The third-order valence-electron chi connectivity index (χ3n) is 3.07. The summed E-state index contributed by atoms with van der Waals surface area (Å²) in [6, 6.07) is 0. The number of hydrogen-bond donors (Lipinski definition) is 2. The molecule has 5 heteroatoms. The summed E-state index contributed by atoms with van der Waals surface area (Å²) < 4.78 is 0. The Balaban J connectivity index is 1.63. The van der Waals surface area contributed by atoms with Gasteiger partial charge in [-0.15, -0.1) is 11.3 Å². The number of aromatic nitrogens is 1. The van der Waals surface area contributed by atoms with E-state index in [-0.39, 0.29) is 5.91 Å². The molecule has 0 bridgehead atoms. The molecule has 2 heterocycles. The zero-order valence-electron chi connectivity index (χ0n) is 10.2. The Labute approximate surface area is 106 Å². The van der Waals surface area contributed by atoms with Gasteiger partial charge in [0.15, 0.2) is 0 Å². The number of thiazole rings is 1. The lowest BCUT2D eigenvalue weighted by Gasteiger charge is -2.07. The van der Waals surface area contributed by atoms with E-state index < -0.39 is 0 Å². The van der Waals surface area contributed by atoms with Crippen LogP contribution in [0.3, 0.4) is 0 Å². The predicted molar refractivity (Wildman–Crippen MR) is 68.9 cm³/mol. The maximum atomic E-state index is 11.6. The minimum atomic E-state index is 0.156. The molecule has 0 saturated carbocycles. The van der Waals surface area contributed by atoms with Gasteiger partial charge in [0.25, 0.3) is 0 Å². The summed E-state index contributed by atoms with van der Waals surface area (Å²) >= 11 is 1.64. The van der Waals surface area contributed by atoms with Crippen molar-refractivity contribution in [3.63, 3.8) is 0 Å². The second-order valence-electron chi connectivity index (χ2n) is 4.52. The topological polar surface area (TPSA) is 54.0 Å². The van der Waals surface area contributed by atoms with Crippen LogP contribution in [0.1, 0.15) is 29.1 Å². The van der Waals surface area contributed by atoms with Gasteiger partial charge in [0, 0.05) is 17.5 Å². The van der Waals surface area contributed by atoms with Gasteiger partial charge in [0.05, 0.1) is 11.6 Å². The molecule has 2 rings (SSSR count). The molecular weight excluding hydrogens is 234 g/mol. The van der Waals surface area contributed by atoms with Gasteiger partial charge in [-0.1, -0.05) is 0 Å². The average molecular weight is 253 g/mol. The summed E-state index contributed by atoms with van der Waals surface area (Å²) in [5.41, 5.74) is 0. The zero-order chi connectivity index (χ0) is 12.1. The number of amides is 1. The highest BCUT2D eigenvalue weighted by Gasteiger charge is 2.15. The largest absolute Gasteiger partial charge is 0.351 e. The van der Waals surface area contributed by atoms with Crippen molar-refractivity contribution >= 4 is 17.2 Å². The van der Waals surface area contributed by atoms with Gasteiger partial charge in [0.2, 0.25) is 5.91 Å². The van der Waals surface area contributed by atoms with E-state index >= 15 is 0 Å². The standard InChI is InChI=1S/C12H19N3OS/c1-9-14-7-11(17-9)8-15-12(16)3-2-10-4-5-13-6-10/h7,10,13H,2-6,8H2,1H3,(H,15,16). The van der Waals surface area contributed by atoms with Gasteiger partial charge >= 0.3 is 0 Å². The number of nitrogens with one attached hydrogen (secondary N) is 2. The molecule has 17 heavy (non-hydrogen) atoms. The molecule has 1 unspecified atom stereocenters. The fourth-order valence-corrected chi connectivity index (χ4v) is 2.79. The number of rotatable bonds is 5. The van der Waals surface area contributed by atoms with Crippen LogP contribution in [0.5, 0.6) is 0 Å². The number of carbonyl (C=O) groups excluding carboxylic acids is 1. The van der Waals surface area contributed by atoms with Crippen LogP contribution in [0, 0.1) is 12.8 Å². The number of carbonyl (C=O) groups is 1. The number of aryl methyl sites for hydroxylation is 1. The quantitative estimate of drug-likeness (QED) is 0.835. The van der Waals surface area contributed by atoms with Crippen LogP contribution >= 0.6 is 11.3 Å². The van der Waals surface area contributed by atoms with Crippen molar-refractivity contribution in [1.82, 2.24) is 15.6 Å². The van der Waals surface area contributed by atoms with Crippen molar-refractivity contribution in [2.45, 2.75) is 32.7 Å². The third kappa shape index (κ3) is 4.09. The summed E-state index contributed by atoms with van der Waals surface area (Å²) in [4.78, 5) is 16.9. The lowest BCUT2D eigenvalue weighted by atomic mass is 10.0. The van der Waals surface area contributed by atoms with Gasteiger partial charge in [0.1, 0.15) is 0 Å². The van der Waals surface area contributed by atoms with Crippen molar-refractivity contribution in [1.29, 1.82) is 0 Å². The molecule has 0 aromatic carbocycles. The SMILES string of the molecule is Cc1ncc(CNC(=O)CCC2CCNC2)s1. The molecule has 1 aromatic heterocycles. The Kier molecular flexibility index (Phi) is 4.50. The fraction of sp³-hybridized carbons (Fsp3) is 0.667. The van der Waals surface area contributed by atoms with E-state index in [1.807, 2.05) is 13.1 Å². The molecule has 2 N–H and O–H groups in total. The highest BCUT2D eigenvalue weighted by Crippen LogP contribution is 2.14. The van der Waals surface area contributed by atoms with Gasteiger partial charge < -0.3 is 10.6 Å². The summed E-state index contributed by atoms with van der Waals surface area (Å²) in [6.45, 7) is 4.77. The minimum Gasteiger partial charge on any atom is -0.351 e. The fourth-order valence-electron chi connectivity index (χ4n) is 2.06. The Hall–Kier alpha value is -0.940. The lowest BCUT2D eigenvalue weighted by Crippen LogP contribution is -2.23. The summed E-state index contributed by atoms with van der Waals surface area (Å²) in [6.07, 6.45) is 4.69. The normalized spacial score (nSPS) is 19.5. The van der Waals surface area contributed by atoms with Crippen molar-refractivity contribution in [2.75, 3.05) is 13.1 Å². The lowest BCUT2D eigenvalue weighted by molar-refractivity contribution is -0.121. The first kappa shape index (κ1) is 12.5. The molecule has 1 aliphatic heterocycles. The van der Waals surface area contributed by atoms with Gasteiger partial charge in [-0.3, -0.25) is 4.79 Å². The molecule has 0 radical (unpaired) electrons. The van der Waals surface area contributed by atoms with Crippen LogP contribution < -0.4 is 10.6 Å². The Morgan fingerprint density at radius 2 is 2.59 bits per heavy atom. The zero-order valence-corrected chi connectivity index (χ0v) is 11.0. The molecule has 1 atom stereocenters. The highest BCUT2D eigenvalue weighted by molar-refractivity contribution is 7.11. The monoisotopic (exact) mass is 253 g/mol. The number of nitrogens with zero attached hydrogens (tertiary/aromatic N) is 1. The van der Waals surface area contributed by atoms with Crippen LogP contribution in [0.15, 0.2) is 6.20 Å².